The number of hydrogen-bond donors (Lipinski definition) is 2. The Morgan fingerprint density at radius 3 is 2.71 bits per heavy atom. The van der Waals surface area contributed by atoms with Crippen molar-refractivity contribution >= 4 is 33.0 Å². The normalized spacial score (nSPS) is 16.2. The maximum absolute atomic E-state index is 12.5. The number of sulfone groups is 1. The Morgan fingerprint density at radius 1 is 1.29 bits per heavy atom. The van der Waals surface area contributed by atoms with Crippen molar-refractivity contribution in [3.63, 3.8) is 0 Å². The molecule has 1 aromatic heterocycles. The summed E-state index contributed by atoms with van der Waals surface area (Å²) in [5.74, 6) is -0.491. The average molecular weight is 450 g/mol. The van der Waals surface area contributed by atoms with E-state index in [0.717, 1.165) is 12.3 Å². The molecule has 0 spiro atoms. The molecule has 0 unspecified atom stereocenters. The van der Waals surface area contributed by atoms with Crippen molar-refractivity contribution in [2.45, 2.75) is 23.8 Å². The van der Waals surface area contributed by atoms with Gasteiger partial charge in [0, 0.05) is 32.0 Å². The molecule has 0 radical (unpaired) electrons. The first-order valence-corrected chi connectivity index (χ1v) is 11.4. The van der Waals surface area contributed by atoms with Crippen LogP contribution in [0.5, 0.6) is 0 Å². The summed E-state index contributed by atoms with van der Waals surface area (Å²) in [6.07, 6.45) is 3.59. The maximum atomic E-state index is 12.5. The zero-order valence-corrected chi connectivity index (χ0v) is 17.6. The van der Waals surface area contributed by atoms with Gasteiger partial charge in [-0.15, -0.1) is 0 Å². The quantitative estimate of drug-likeness (QED) is 0.348. The highest BCUT2D eigenvalue weighted by atomic mass is 32.2. The predicted octanol–water partition coefficient (Wildman–Crippen LogP) is 1.42. The van der Waals surface area contributed by atoms with E-state index in [2.05, 4.69) is 10.6 Å². The van der Waals surface area contributed by atoms with Gasteiger partial charge in [0.25, 0.3) is 11.6 Å². The molecule has 12 heteroatoms. The van der Waals surface area contributed by atoms with Gasteiger partial charge >= 0.3 is 0 Å². The Bertz CT molecular complexity index is 1080. The zero-order valence-electron chi connectivity index (χ0n) is 16.7. The molecule has 1 aliphatic rings. The Labute approximate surface area is 178 Å². The van der Waals surface area contributed by atoms with Gasteiger partial charge in [-0.25, -0.2) is 8.42 Å². The van der Waals surface area contributed by atoms with Gasteiger partial charge in [-0.2, -0.15) is 0 Å². The summed E-state index contributed by atoms with van der Waals surface area (Å²) in [7, 11) is -3.58. The number of rotatable bonds is 8. The Kier molecular flexibility index (Phi) is 6.59. The number of furan rings is 1. The third-order valence-corrected chi connectivity index (χ3v) is 5.99. The van der Waals surface area contributed by atoms with Gasteiger partial charge in [-0.3, -0.25) is 19.7 Å². The molecule has 166 valence electrons. The Hall–Kier alpha value is -3.41. The van der Waals surface area contributed by atoms with Gasteiger partial charge in [0.2, 0.25) is 5.91 Å². The summed E-state index contributed by atoms with van der Waals surface area (Å²) >= 11 is 0. The summed E-state index contributed by atoms with van der Waals surface area (Å²) in [6, 6.07) is 6.12. The van der Waals surface area contributed by atoms with Crippen molar-refractivity contribution in [3.8, 4) is 0 Å². The third kappa shape index (κ3) is 5.20. The highest BCUT2D eigenvalue weighted by Gasteiger charge is 2.35. The van der Waals surface area contributed by atoms with Crippen molar-refractivity contribution in [3.05, 3.63) is 52.5 Å². The van der Waals surface area contributed by atoms with Crippen LogP contribution in [0.4, 0.5) is 11.4 Å². The van der Waals surface area contributed by atoms with E-state index < -0.39 is 20.8 Å². The van der Waals surface area contributed by atoms with Crippen molar-refractivity contribution < 1.29 is 27.3 Å². The van der Waals surface area contributed by atoms with Crippen LogP contribution >= 0.6 is 0 Å². The largest absolute Gasteiger partial charge is 0.459 e. The monoisotopic (exact) mass is 450 g/mol. The number of benzene rings is 1. The number of nitro groups is 1. The number of anilines is 1. The molecule has 2 heterocycles. The summed E-state index contributed by atoms with van der Waals surface area (Å²) in [5, 5.41) is 16.8. The molecule has 0 saturated carbocycles. The van der Waals surface area contributed by atoms with E-state index in [4.69, 9.17) is 4.42 Å². The molecule has 1 saturated heterocycles. The Balaban J connectivity index is 1.56. The van der Waals surface area contributed by atoms with Crippen molar-refractivity contribution in [2.75, 3.05) is 31.2 Å². The first kappa shape index (κ1) is 22.3. The first-order valence-electron chi connectivity index (χ1n) is 9.53. The standard InChI is InChI=1S/C19H22N4O7S/c1-31(28,29)13-6-7-14(16(12-13)23(26)27)20-8-9-21-18(24)15-4-2-10-22(15)19(25)17-5-3-11-30-17/h3,5-7,11-12,15,20H,2,4,8-10H2,1H3,(H,21,24)/t15-/m0/s1. The van der Waals surface area contributed by atoms with Gasteiger partial charge in [0.1, 0.15) is 11.7 Å². The molecule has 1 atom stereocenters. The zero-order chi connectivity index (χ0) is 22.6. The van der Waals surface area contributed by atoms with E-state index in [1.165, 1.54) is 23.3 Å². The molecular weight excluding hydrogens is 428 g/mol. The highest BCUT2D eigenvalue weighted by molar-refractivity contribution is 7.90. The fourth-order valence-corrected chi connectivity index (χ4v) is 4.01. The van der Waals surface area contributed by atoms with E-state index in [1.54, 1.807) is 12.1 Å². The number of nitro benzene ring substituents is 1. The minimum atomic E-state index is -3.58. The first-order chi connectivity index (χ1) is 14.7. The lowest BCUT2D eigenvalue weighted by atomic mass is 10.2. The molecule has 2 amide bonds. The van der Waals surface area contributed by atoms with Gasteiger partial charge < -0.3 is 20.0 Å². The number of hydrogen-bond acceptors (Lipinski definition) is 8. The minimum Gasteiger partial charge on any atom is -0.459 e. The summed E-state index contributed by atoms with van der Waals surface area (Å²) in [5.41, 5.74) is -0.234. The van der Waals surface area contributed by atoms with Crippen LogP contribution in [0.1, 0.15) is 23.4 Å². The van der Waals surface area contributed by atoms with E-state index in [9.17, 15) is 28.1 Å². The van der Waals surface area contributed by atoms with Crippen molar-refractivity contribution in [1.29, 1.82) is 0 Å². The molecule has 1 aromatic carbocycles. The van der Waals surface area contributed by atoms with Crippen LogP contribution in [0.3, 0.4) is 0 Å². The summed E-state index contributed by atoms with van der Waals surface area (Å²) < 4.78 is 28.3. The molecule has 2 N–H and O–H groups in total. The lowest BCUT2D eigenvalue weighted by Crippen LogP contribution is -2.46. The van der Waals surface area contributed by atoms with E-state index in [1.807, 2.05) is 0 Å². The lowest BCUT2D eigenvalue weighted by Gasteiger charge is -2.23. The van der Waals surface area contributed by atoms with E-state index >= 15 is 0 Å². The second kappa shape index (κ2) is 9.16. The van der Waals surface area contributed by atoms with Crippen LogP contribution in [-0.2, 0) is 14.6 Å². The SMILES string of the molecule is CS(=O)(=O)c1ccc(NCCNC(=O)[C@@H]2CCCN2C(=O)c2ccco2)c([N+](=O)[O-])c1. The van der Waals surface area contributed by atoms with Crippen LogP contribution in [-0.4, -0.2) is 62.0 Å². The van der Waals surface area contributed by atoms with Crippen LogP contribution < -0.4 is 10.6 Å². The van der Waals surface area contributed by atoms with Gasteiger partial charge in [-0.05, 0) is 37.1 Å². The van der Waals surface area contributed by atoms with Crippen LogP contribution in [0.25, 0.3) is 0 Å². The maximum Gasteiger partial charge on any atom is 0.293 e. The molecule has 0 aliphatic carbocycles. The topological polar surface area (TPSA) is 152 Å². The molecule has 11 nitrogen and oxygen atoms in total. The van der Waals surface area contributed by atoms with Gasteiger partial charge in [0.05, 0.1) is 16.1 Å². The van der Waals surface area contributed by atoms with Crippen LogP contribution in [0.15, 0.2) is 45.9 Å². The van der Waals surface area contributed by atoms with Crippen molar-refractivity contribution in [2.24, 2.45) is 0 Å². The van der Waals surface area contributed by atoms with E-state index in [0.29, 0.717) is 19.4 Å². The van der Waals surface area contributed by atoms with Crippen LogP contribution in [0, 0.1) is 10.1 Å². The Morgan fingerprint density at radius 2 is 2.06 bits per heavy atom. The van der Waals surface area contributed by atoms with Crippen molar-refractivity contribution in [1.82, 2.24) is 10.2 Å². The number of amides is 2. The minimum absolute atomic E-state index is 0.141. The number of nitrogens with zero attached hydrogens (tertiary/aromatic N) is 2. The average Bonchev–Trinajstić information content (AvgIpc) is 3.41. The second-order valence-electron chi connectivity index (χ2n) is 7.06. The fraction of sp³-hybridized carbons (Fsp3) is 0.368. The number of carbonyl (C=O) groups is 2. The lowest BCUT2D eigenvalue weighted by molar-refractivity contribution is -0.384. The number of likely N-dealkylation sites (tertiary alicyclic amines) is 1. The smallest absolute Gasteiger partial charge is 0.293 e. The summed E-state index contributed by atoms with van der Waals surface area (Å²) in [4.78, 5) is 36.9. The van der Waals surface area contributed by atoms with Crippen LogP contribution in [0.2, 0.25) is 0 Å². The molecule has 2 aromatic rings. The van der Waals surface area contributed by atoms with Gasteiger partial charge in [-0.1, -0.05) is 0 Å². The van der Waals surface area contributed by atoms with Gasteiger partial charge in [0.15, 0.2) is 15.6 Å². The molecule has 3 rings (SSSR count). The molecule has 0 bridgehead atoms. The molecular formula is C19H22N4O7S. The predicted molar refractivity (Wildman–Crippen MR) is 110 cm³/mol. The number of nitrogens with one attached hydrogen (secondary N) is 2. The highest BCUT2D eigenvalue weighted by Crippen LogP contribution is 2.27. The fourth-order valence-electron chi connectivity index (χ4n) is 3.37. The third-order valence-electron chi connectivity index (χ3n) is 4.88. The molecule has 1 aliphatic heterocycles. The number of carbonyl (C=O) groups excluding carboxylic acids is 2. The summed E-state index contributed by atoms with van der Waals surface area (Å²) in [6.45, 7) is 0.779. The second-order valence-corrected chi connectivity index (χ2v) is 9.08. The molecule has 1 fully saturated rings. The molecule has 31 heavy (non-hydrogen) atoms. The van der Waals surface area contributed by atoms with E-state index in [-0.39, 0.29) is 46.9 Å².